The molecular weight excluding hydrogens is 467 g/mol. The molecule has 2 atom stereocenters. The fraction of sp³-hybridized carbons (Fsp3) is 0.406. The van der Waals surface area contributed by atoms with Crippen LogP contribution in [0, 0.1) is 11.2 Å². The van der Waals surface area contributed by atoms with E-state index in [0.29, 0.717) is 29.6 Å². The molecule has 0 spiro atoms. The SMILES string of the molecule is CC[C@H](CC(=O)O)c1cccc(OCc2ccc(-c3cc(OC)ccc3F)c([C@H]3CCCC3(C)C)c2)c1. The fourth-order valence-corrected chi connectivity index (χ4v) is 5.71. The third kappa shape index (κ3) is 6.15. The van der Waals surface area contributed by atoms with Crippen molar-refractivity contribution in [3.05, 3.63) is 83.2 Å². The first kappa shape index (κ1) is 26.7. The van der Waals surface area contributed by atoms with Crippen molar-refractivity contribution in [1.82, 2.24) is 0 Å². The van der Waals surface area contributed by atoms with E-state index in [-0.39, 0.29) is 23.6 Å². The maximum Gasteiger partial charge on any atom is 0.303 e. The fourth-order valence-electron chi connectivity index (χ4n) is 5.71. The lowest BCUT2D eigenvalue weighted by molar-refractivity contribution is -0.137. The Balaban J connectivity index is 1.64. The normalized spacial score (nSPS) is 17.4. The van der Waals surface area contributed by atoms with Crippen LogP contribution in [0.4, 0.5) is 4.39 Å². The van der Waals surface area contributed by atoms with Gasteiger partial charge in [-0.05, 0) is 89.1 Å². The third-order valence-electron chi connectivity index (χ3n) is 7.86. The molecule has 4 rings (SSSR count). The van der Waals surface area contributed by atoms with E-state index >= 15 is 4.39 Å². The highest BCUT2D eigenvalue weighted by molar-refractivity contribution is 5.71. The summed E-state index contributed by atoms with van der Waals surface area (Å²) < 4.78 is 26.6. The Morgan fingerprint density at radius 3 is 2.57 bits per heavy atom. The minimum atomic E-state index is -0.798. The molecule has 1 saturated carbocycles. The average Bonchev–Trinajstić information content (AvgIpc) is 3.25. The summed E-state index contributed by atoms with van der Waals surface area (Å²) in [4.78, 5) is 11.2. The first-order valence-corrected chi connectivity index (χ1v) is 13.1. The number of carboxylic acid groups (broad SMARTS) is 1. The molecular formula is C32H37FO4. The van der Waals surface area contributed by atoms with Gasteiger partial charge in [0.05, 0.1) is 13.5 Å². The minimum absolute atomic E-state index is 0.0469. The molecule has 0 aliphatic heterocycles. The van der Waals surface area contributed by atoms with Crippen LogP contribution in [0.2, 0.25) is 0 Å². The zero-order chi connectivity index (χ0) is 26.6. The quantitative estimate of drug-likeness (QED) is 0.301. The number of benzene rings is 3. The Kier molecular flexibility index (Phi) is 8.21. The molecule has 0 bridgehead atoms. The number of rotatable bonds is 10. The van der Waals surface area contributed by atoms with Gasteiger partial charge in [0, 0.05) is 5.56 Å². The molecule has 0 amide bonds. The Hall–Kier alpha value is -3.34. The molecule has 37 heavy (non-hydrogen) atoms. The number of carbonyl (C=O) groups is 1. The molecule has 3 aromatic rings. The number of halogens is 1. The number of carboxylic acids is 1. The summed E-state index contributed by atoms with van der Waals surface area (Å²) in [7, 11) is 1.60. The van der Waals surface area contributed by atoms with E-state index in [1.54, 1.807) is 19.2 Å². The van der Waals surface area contributed by atoms with E-state index in [1.165, 1.54) is 6.07 Å². The van der Waals surface area contributed by atoms with Crippen LogP contribution in [0.15, 0.2) is 60.7 Å². The molecule has 0 radical (unpaired) electrons. The van der Waals surface area contributed by atoms with E-state index in [1.807, 2.05) is 43.3 Å². The summed E-state index contributed by atoms with van der Waals surface area (Å²) in [5.74, 6) is 0.561. The van der Waals surface area contributed by atoms with Gasteiger partial charge in [-0.1, -0.05) is 57.5 Å². The van der Waals surface area contributed by atoms with Crippen molar-refractivity contribution in [1.29, 1.82) is 0 Å². The Morgan fingerprint density at radius 2 is 1.89 bits per heavy atom. The largest absolute Gasteiger partial charge is 0.497 e. The van der Waals surface area contributed by atoms with Gasteiger partial charge in [-0.25, -0.2) is 4.39 Å². The summed E-state index contributed by atoms with van der Waals surface area (Å²) in [6, 6.07) is 18.8. The number of hydrogen-bond acceptors (Lipinski definition) is 3. The highest BCUT2D eigenvalue weighted by Gasteiger charge is 2.37. The molecule has 0 aromatic heterocycles. The van der Waals surface area contributed by atoms with Gasteiger partial charge in [0.25, 0.3) is 0 Å². The van der Waals surface area contributed by atoms with Gasteiger partial charge >= 0.3 is 5.97 Å². The summed E-state index contributed by atoms with van der Waals surface area (Å²) in [5.41, 5.74) is 4.73. The Labute approximate surface area is 219 Å². The molecule has 1 N–H and O–H groups in total. The van der Waals surface area contributed by atoms with Gasteiger partial charge in [-0.2, -0.15) is 0 Å². The van der Waals surface area contributed by atoms with Gasteiger partial charge in [0.2, 0.25) is 0 Å². The Morgan fingerprint density at radius 1 is 1.08 bits per heavy atom. The number of methoxy groups -OCH3 is 1. The van der Waals surface area contributed by atoms with E-state index in [4.69, 9.17) is 9.47 Å². The summed E-state index contributed by atoms with van der Waals surface area (Å²) in [6.07, 6.45) is 4.21. The highest BCUT2D eigenvalue weighted by Crippen LogP contribution is 2.51. The van der Waals surface area contributed by atoms with E-state index < -0.39 is 5.97 Å². The summed E-state index contributed by atoms with van der Waals surface area (Å²) in [6.45, 7) is 6.97. The molecule has 1 aliphatic rings. The molecule has 196 valence electrons. The topological polar surface area (TPSA) is 55.8 Å². The second kappa shape index (κ2) is 11.4. The van der Waals surface area contributed by atoms with Crippen LogP contribution in [0.25, 0.3) is 11.1 Å². The first-order chi connectivity index (χ1) is 17.7. The van der Waals surface area contributed by atoms with Crippen LogP contribution in [-0.2, 0) is 11.4 Å². The predicted octanol–water partition coefficient (Wildman–Crippen LogP) is 8.34. The molecule has 5 heteroatoms. The maximum atomic E-state index is 15.0. The van der Waals surface area contributed by atoms with Crippen molar-refractivity contribution < 1.29 is 23.8 Å². The first-order valence-electron chi connectivity index (χ1n) is 13.1. The van der Waals surface area contributed by atoms with Gasteiger partial charge in [0.15, 0.2) is 0 Å². The van der Waals surface area contributed by atoms with Crippen molar-refractivity contribution >= 4 is 5.97 Å². The van der Waals surface area contributed by atoms with Crippen molar-refractivity contribution in [3.8, 4) is 22.6 Å². The van der Waals surface area contributed by atoms with Crippen molar-refractivity contribution in [2.24, 2.45) is 5.41 Å². The van der Waals surface area contributed by atoms with Gasteiger partial charge in [0.1, 0.15) is 23.9 Å². The van der Waals surface area contributed by atoms with Crippen LogP contribution >= 0.6 is 0 Å². The minimum Gasteiger partial charge on any atom is -0.497 e. The third-order valence-corrected chi connectivity index (χ3v) is 7.86. The molecule has 0 unspecified atom stereocenters. The second-order valence-corrected chi connectivity index (χ2v) is 10.8. The zero-order valence-corrected chi connectivity index (χ0v) is 22.2. The number of hydrogen-bond donors (Lipinski definition) is 1. The monoisotopic (exact) mass is 504 g/mol. The molecule has 3 aromatic carbocycles. The van der Waals surface area contributed by atoms with Crippen LogP contribution in [0.1, 0.15) is 81.4 Å². The lowest BCUT2D eigenvalue weighted by Gasteiger charge is -2.30. The van der Waals surface area contributed by atoms with Gasteiger partial charge in [-0.15, -0.1) is 0 Å². The Bertz CT molecular complexity index is 1250. The molecule has 0 heterocycles. The average molecular weight is 505 g/mol. The number of aliphatic carboxylic acids is 1. The van der Waals surface area contributed by atoms with Crippen molar-refractivity contribution in [2.75, 3.05) is 7.11 Å². The lowest BCUT2D eigenvalue weighted by atomic mass is 9.75. The predicted molar refractivity (Wildman–Crippen MR) is 145 cm³/mol. The highest BCUT2D eigenvalue weighted by atomic mass is 19.1. The smallest absolute Gasteiger partial charge is 0.303 e. The van der Waals surface area contributed by atoms with Crippen LogP contribution in [-0.4, -0.2) is 18.2 Å². The second-order valence-electron chi connectivity index (χ2n) is 10.8. The number of ether oxygens (including phenoxy) is 2. The summed E-state index contributed by atoms with van der Waals surface area (Å²) in [5, 5.41) is 9.24. The standard InChI is InChI=1S/C32H37FO4/c1-5-22(18-31(34)35)23-8-6-9-25(17-23)37-20-21-11-13-26(28-19-24(36-4)12-14-30(28)33)27(16-21)29-10-7-15-32(29,2)3/h6,8-9,11-14,16-17,19,22,29H,5,7,10,15,18,20H2,1-4H3,(H,34,35)/t22-,29-/m1/s1. The van der Waals surface area contributed by atoms with E-state index in [9.17, 15) is 9.90 Å². The maximum absolute atomic E-state index is 15.0. The summed E-state index contributed by atoms with van der Waals surface area (Å²) >= 11 is 0. The molecule has 1 fully saturated rings. The van der Waals surface area contributed by atoms with Gasteiger partial charge < -0.3 is 14.6 Å². The molecule has 1 aliphatic carbocycles. The van der Waals surface area contributed by atoms with Gasteiger partial charge in [-0.3, -0.25) is 4.79 Å². The molecule has 4 nitrogen and oxygen atoms in total. The molecule has 0 saturated heterocycles. The van der Waals surface area contributed by atoms with Crippen molar-refractivity contribution in [3.63, 3.8) is 0 Å². The van der Waals surface area contributed by atoms with Crippen LogP contribution < -0.4 is 9.47 Å². The van der Waals surface area contributed by atoms with Crippen LogP contribution in [0.5, 0.6) is 11.5 Å². The zero-order valence-electron chi connectivity index (χ0n) is 22.2. The van der Waals surface area contributed by atoms with Crippen molar-refractivity contribution in [2.45, 2.75) is 71.3 Å². The lowest BCUT2D eigenvalue weighted by Crippen LogP contribution is -2.17. The van der Waals surface area contributed by atoms with E-state index in [2.05, 4.69) is 19.9 Å². The van der Waals surface area contributed by atoms with E-state index in [0.717, 1.165) is 47.9 Å². The van der Waals surface area contributed by atoms with Crippen LogP contribution in [0.3, 0.4) is 0 Å².